The van der Waals surface area contributed by atoms with Crippen LogP contribution in [0.4, 0.5) is 0 Å². The highest BCUT2D eigenvalue weighted by Gasteiger charge is 2.23. The molecule has 0 unspecified atom stereocenters. The highest BCUT2D eigenvalue weighted by Crippen LogP contribution is 2.30. The molecule has 0 saturated carbocycles. The zero-order valence-corrected chi connectivity index (χ0v) is 16.9. The van der Waals surface area contributed by atoms with E-state index in [4.69, 9.17) is 4.74 Å². The number of hydrogen-bond acceptors (Lipinski definition) is 3. The molecule has 0 radical (unpaired) electrons. The van der Waals surface area contributed by atoms with Crippen molar-refractivity contribution in [1.82, 2.24) is 4.90 Å². The molecule has 3 aromatic carbocycles. The van der Waals surface area contributed by atoms with Gasteiger partial charge in [-0.15, -0.1) is 0 Å². The van der Waals surface area contributed by atoms with Gasteiger partial charge in [-0.25, -0.2) is 0 Å². The van der Waals surface area contributed by atoms with E-state index in [1.807, 2.05) is 71.6 Å². The first-order chi connectivity index (χ1) is 14.7. The molecule has 0 saturated heterocycles. The van der Waals surface area contributed by atoms with Gasteiger partial charge in [-0.05, 0) is 30.0 Å². The first kappa shape index (κ1) is 19.9. The van der Waals surface area contributed by atoms with E-state index in [-0.39, 0.29) is 18.3 Å². The van der Waals surface area contributed by atoms with E-state index >= 15 is 0 Å². The Bertz CT molecular complexity index is 1010. The molecule has 0 bridgehead atoms. The van der Waals surface area contributed by atoms with Gasteiger partial charge in [0.1, 0.15) is 5.75 Å². The van der Waals surface area contributed by atoms with E-state index in [0.29, 0.717) is 31.7 Å². The maximum Gasteiger partial charge on any atom is 0.260 e. The molecule has 0 aromatic heterocycles. The monoisotopic (exact) mass is 399 g/mol. The third-order valence-electron chi connectivity index (χ3n) is 5.47. The summed E-state index contributed by atoms with van der Waals surface area (Å²) in [6.45, 7) is 1.13. The minimum absolute atomic E-state index is 0.0354. The fourth-order valence-electron chi connectivity index (χ4n) is 3.83. The standard InChI is InChI=1S/C26H25NO3/c28-24-15-14-23-22(24)12-7-13-25(23)30-19-26(29)27(18-21-10-5-2-6-11-21)17-16-20-8-3-1-4-9-20/h1-13H,14-19H2. The van der Waals surface area contributed by atoms with Gasteiger partial charge in [0.2, 0.25) is 0 Å². The molecule has 1 amide bonds. The van der Waals surface area contributed by atoms with Crippen molar-refractivity contribution >= 4 is 11.7 Å². The Hall–Kier alpha value is -3.40. The number of hydrogen-bond donors (Lipinski definition) is 0. The SMILES string of the molecule is O=C1CCc2c(OCC(=O)N(CCc3ccccc3)Cc3ccccc3)cccc21. The second kappa shape index (κ2) is 9.40. The molecule has 0 spiro atoms. The second-order valence-electron chi connectivity index (χ2n) is 7.53. The summed E-state index contributed by atoms with van der Waals surface area (Å²) in [5, 5.41) is 0. The summed E-state index contributed by atoms with van der Waals surface area (Å²) in [6.07, 6.45) is 1.98. The lowest BCUT2D eigenvalue weighted by molar-refractivity contribution is -0.134. The number of ether oxygens (including phenoxy) is 1. The number of ketones is 1. The molecule has 0 atom stereocenters. The van der Waals surface area contributed by atoms with Crippen LogP contribution in [0.5, 0.6) is 5.75 Å². The average Bonchev–Trinajstić information content (AvgIpc) is 3.18. The largest absolute Gasteiger partial charge is 0.483 e. The number of rotatable bonds is 8. The summed E-state index contributed by atoms with van der Waals surface area (Å²) in [4.78, 5) is 26.8. The molecule has 1 aliphatic rings. The van der Waals surface area contributed by atoms with Crippen LogP contribution in [0.15, 0.2) is 78.9 Å². The van der Waals surface area contributed by atoms with Crippen molar-refractivity contribution in [1.29, 1.82) is 0 Å². The highest BCUT2D eigenvalue weighted by molar-refractivity contribution is 6.01. The van der Waals surface area contributed by atoms with E-state index in [1.54, 1.807) is 0 Å². The Morgan fingerprint density at radius 3 is 2.27 bits per heavy atom. The van der Waals surface area contributed by atoms with Crippen LogP contribution in [-0.4, -0.2) is 29.7 Å². The number of nitrogens with zero attached hydrogens (tertiary/aromatic N) is 1. The number of carbonyl (C=O) groups is 2. The van der Waals surface area contributed by atoms with Crippen molar-refractivity contribution in [2.45, 2.75) is 25.8 Å². The molecule has 0 fully saturated rings. The molecule has 4 heteroatoms. The highest BCUT2D eigenvalue weighted by atomic mass is 16.5. The predicted molar refractivity (Wildman–Crippen MR) is 117 cm³/mol. The van der Waals surface area contributed by atoms with Gasteiger partial charge in [-0.2, -0.15) is 0 Å². The maximum absolute atomic E-state index is 13.0. The average molecular weight is 399 g/mol. The van der Waals surface area contributed by atoms with Gasteiger partial charge in [-0.1, -0.05) is 72.8 Å². The maximum atomic E-state index is 13.0. The number of benzene rings is 3. The van der Waals surface area contributed by atoms with Crippen LogP contribution in [0.3, 0.4) is 0 Å². The Kier molecular flexibility index (Phi) is 6.23. The molecule has 0 N–H and O–H groups in total. The summed E-state index contributed by atoms with van der Waals surface area (Å²) >= 11 is 0. The Morgan fingerprint density at radius 2 is 1.53 bits per heavy atom. The fourth-order valence-corrected chi connectivity index (χ4v) is 3.83. The summed E-state index contributed by atoms with van der Waals surface area (Å²) in [5.41, 5.74) is 3.94. The normalized spacial score (nSPS) is 12.5. The summed E-state index contributed by atoms with van der Waals surface area (Å²) < 4.78 is 5.89. The van der Waals surface area contributed by atoms with Crippen LogP contribution >= 0.6 is 0 Å². The van der Waals surface area contributed by atoms with Crippen molar-refractivity contribution in [2.75, 3.05) is 13.2 Å². The van der Waals surface area contributed by atoms with E-state index in [2.05, 4.69) is 12.1 Å². The zero-order valence-electron chi connectivity index (χ0n) is 16.9. The van der Waals surface area contributed by atoms with Gasteiger partial charge in [0.05, 0.1) is 0 Å². The molecule has 3 aromatic rings. The van der Waals surface area contributed by atoms with E-state index in [0.717, 1.165) is 23.1 Å². The number of amides is 1. The predicted octanol–water partition coefficient (Wildman–Crippen LogP) is 4.47. The summed E-state index contributed by atoms with van der Waals surface area (Å²) in [5.74, 6) is 0.737. The van der Waals surface area contributed by atoms with E-state index in [9.17, 15) is 9.59 Å². The van der Waals surface area contributed by atoms with Gasteiger partial charge in [0, 0.05) is 30.6 Å². The molecular weight excluding hydrogens is 374 g/mol. The van der Waals surface area contributed by atoms with Crippen LogP contribution in [0, 0.1) is 0 Å². The molecule has 4 rings (SSSR count). The van der Waals surface area contributed by atoms with Crippen molar-refractivity contribution in [3.8, 4) is 5.75 Å². The zero-order chi connectivity index (χ0) is 20.8. The minimum Gasteiger partial charge on any atom is -0.483 e. The minimum atomic E-state index is -0.0586. The number of fused-ring (bicyclic) bond motifs is 1. The van der Waals surface area contributed by atoms with Gasteiger partial charge >= 0.3 is 0 Å². The Morgan fingerprint density at radius 1 is 0.833 bits per heavy atom. The van der Waals surface area contributed by atoms with E-state index < -0.39 is 0 Å². The van der Waals surface area contributed by atoms with Gasteiger partial charge in [0.25, 0.3) is 5.91 Å². The lowest BCUT2D eigenvalue weighted by Crippen LogP contribution is -2.36. The lowest BCUT2D eigenvalue weighted by atomic mass is 10.1. The van der Waals surface area contributed by atoms with Crippen LogP contribution in [0.25, 0.3) is 0 Å². The van der Waals surface area contributed by atoms with Gasteiger partial charge < -0.3 is 9.64 Å². The van der Waals surface area contributed by atoms with Crippen LogP contribution in [0.2, 0.25) is 0 Å². The van der Waals surface area contributed by atoms with Crippen molar-refractivity contribution in [3.63, 3.8) is 0 Å². The lowest BCUT2D eigenvalue weighted by Gasteiger charge is -2.23. The van der Waals surface area contributed by atoms with Gasteiger partial charge in [-0.3, -0.25) is 9.59 Å². The first-order valence-electron chi connectivity index (χ1n) is 10.3. The van der Waals surface area contributed by atoms with Crippen molar-refractivity contribution in [2.24, 2.45) is 0 Å². The molecule has 4 nitrogen and oxygen atoms in total. The molecule has 152 valence electrons. The molecular formula is C26H25NO3. The Labute approximate surface area is 177 Å². The number of Topliss-reactive ketones (excluding diaryl/α,β-unsaturated/α-hetero) is 1. The van der Waals surface area contributed by atoms with Crippen LogP contribution in [-0.2, 0) is 24.2 Å². The Balaban J connectivity index is 1.44. The smallest absolute Gasteiger partial charge is 0.260 e. The van der Waals surface area contributed by atoms with Crippen LogP contribution < -0.4 is 4.74 Å². The molecule has 30 heavy (non-hydrogen) atoms. The third-order valence-corrected chi connectivity index (χ3v) is 5.47. The quantitative estimate of drug-likeness (QED) is 0.562. The summed E-state index contributed by atoms with van der Waals surface area (Å²) in [7, 11) is 0. The first-order valence-corrected chi connectivity index (χ1v) is 10.3. The van der Waals surface area contributed by atoms with Crippen LogP contribution in [0.1, 0.15) is 33.5 Å². The molecule has 0 heterocycles. The summed E-state index contributed by atoms with van der Waals surface area (Å²) in [6, 6.07) is 25.7. The van der Waals surface area contributed by atoms with Crippen molar-refractivity contribution < 1.29 is 14.3 Å². The molecule has 1 aliphatic carbocycles. The van der Waals surface area contributed by atoms with Gasteiger partial charge in [0.15, 0.2) is 12.4 Å². The van der Waals surface area contributed by atoms with Crippen molar-refractivity contribution in [3.05, 3.63) is 101 Å². The van der Waals surface area contributed by atoms with E-state index in [1.165, 1.54) is 5.56 Å². The topological polar surface area (TPSA) is 46.6 Å². The second-order valence-corrected chi connectivity index (χ2v) is 7.53. The molecule has 0 aliphatic heterocycles. The fraction of sp³-hybridized carbons (Fsp3) is 0.231. The third kappa shape index (κ3) is 4.77. The number of carbonyl (C=O) groups excluding carboxylic acids is 2.